The Morgan fingerprint density at radius 3 is 2.31 bits per heavy atom. The molecule has 0 spiro atoms. The van der Waals surface area contributed by atoms with Crippen LogP contribution in [0, 0.1) is 0 Å². The van der Waals surface area contributed by atoms with Gasteiger partial charge in [0.1, 0.15) is 5.75 Å². The summed E-state index contributed by atoms with van der Waals surface area (Å²) in [5.41, 5.74) is 4.08. The number of allylic oxidation sites excluding steroid dienone is 7. The zero-order chi connectivity index (χ0) is 23.7. The number of phenols is 1. The molecule has 1 unspecified atom stereocenters. The van der Waals surface area contributed by atoms with Gasteiger partial charge in [0.15, 0.2) is 17.3 Å². The monoisotopic (exact) mass is 428 g/mol. The summed E-state index contributed by atoms with van der Waals surface area (Å²) in [7, 11) is 0. The molecule has 2 aromatic rings. The quantitative estimate of drug-likeness (QED) is 0.364. The van der Waals surface area contributed by atoms with Crippen molar-refractivity contribution in [3.8, 4) is 5.75 Å². The lowest BCUT2D eigenvalue weighted by atomic mass is 9.86. The normalized spacial score (nSPS) is 13.4. The number of ketones is 3. The summed E-state index contributed by atoms with van der Waals surface area (Å²) in [6.45, 7) is 9.28. The standard InChI is InChI=1S/C15H12O2.C13H16O2/c1-2-13(11-6-4-3-5-7-11)14-10-12(16)8-9-15(14)17;1-9(2)4-5-12-8-11(10(3)14)6-7-13(12)15/h2-10,13H,1H2;4,6-8,15H,5H2,1-3H3. The van der Waals surface area contributed by atoms with Crippen LogP contribution >= 0.6 is 0 Å². The lowest BCUT2D eigenvalue weighted by molar-refractivity contribution is -0.114. The average Bonchev–Trinajstić information content (AvgIpc) is 2.77. The van der Waals surface area contributed by atoms with Gasteiger partial charge < -0.3 is 5.11 Å². The lowest BCUT2D eigenvalue weighted by Gasteiger charge is -2.16. The number of benzene rings is 2. The molecule has 3 rings (SSSR count). The molecule has 1 aliphatic carbocycles. The van der Waals surface area contributed by atoms with Crippen LogP contribution in [0.4, 0.5) is 0 Å². The number of hydrogen-bond donors (Lipinski definition) is 1. The Kier molecular flexibility index (Phi) is 8.84. The zero-order valence-electron chi connectivity index (χ0n) is 18.7. The molecule has 4 heteroatoms. The number of aromatic hydroxyl groups is 1. The van der Waals surface area contributed by atoms with E-state index >= 15 is 0 Å². The maximum Gasteiger partial charge on any atom is 0.183 e. The third-order valence-electron chi connectivity index (χ3n) is 4.93. The highest BCUT2D eigenvalue weighted by atomic mass is 16.3. The summed E-state index contributed by atoms with van der Waals surface area (Å²) < 4.78 is 0. The predicted molar refractivity (Wildman–Crippen MR) is 128 cm³/mol. The number of hydrogen-bond acceptors (Lipinski definition) is 4. The molecule has 164 valence electrons. The van der Waals surface area contributed by atoms with Crippen LogP contribution in [0.3, 0.4) is 0 Å². The van der Waals surface area contributed by atoms with E-state index in [2.05, 4.69) is 6.58 Å². The molecule has 2 aromatic carbocycles. The molecule has 4 nitrogen and oxygen atoms in total. The fourth-order valence-corrected chi connectivity index (χ4v) is 3.15. The van der Waals surface area contributed by atoms with Gasteiger partial charge in [0.2, 0.25) is 0 Å². The fourth-order valence-electron chi connectivity index (χ4n) is 3.15. The first kappa shape index (κ1) is 24.5. The van der Waals surface area contributed by atoms with E-state index in [0.717, 1.165) is 11.1 Å². The minimum Gasteiger partial charge on any atom is -0.508 e. The van der Waals surface area contributed by atoms with Gasteiger partial charge >= 0.3 is 0 Å². The van der Waals surface area contributed by atoms with E-state index in [1.54, 1.807) is 24.3 Å². The van der Waals surface area contributed by atoms with Gasteiger partial charge in [-0.25, -0.2) is 0 Å². The van der Waals surface area contributed by atoms with Crippen LogP contribution in [0.25, 0.3) is 0 Å². The van der Waals surface area contributed by atoms with E-state index in [4.69, 9.17) is 0 Å². The summed E-state index contributed by atoms with van der Waals surface area (Å²) in [5, 5.41) is 9.59. The van der Waals surface area contributed by atoms with Crippen molar-refractivity contribution < 1.29 is 19.5 Å². The third-order valence-corrected chi connectivity index (χ3v) is 4.93. The van der Waals surface area contributed by atoms with E-state index in [0.29, 0.717) is 17.6 Å². The van der Waals surface area contributed by atoms with E-state index < -0.39 is 0 Å². The van der Waals surface area contributed by atoms with Gasteiger partial charge in [-0.2, -0.15) is 0 Å². The molecule has 0 fully saturated rings. The van der Waals surface area contributed by atoms with E-state index in [-0.39, 0.29) is 29.0 Å². The second-order valence-electron chi connectivity index (χ2n) is 7.71. The molecule has 0 saturated heterocycles. The Hall–Kier alpha value is -3.79. The van der Waals surface area contributed by atoms with E-state index in [9.17, 15) is 19.5 Å². The summed E-state index contributed by atoms with van der Waals surface area (Å²) in [6, 6.07) is 14.5. The number of phenolic OH excluding ortho intramolecular Hbond substituents is 1. The van der Waals surface area contributed by atoms with Gasteiger partial charge in [-0.05, 0) is 74.7 Å². The van der Waals surface area contributed by atoms with Gasteiger partial charge in [0.05, 0.1) is 0 Å². The maximum atomic E-state index is 11.8. The van der Waals surface area contributed by atoms with Crippen molar-refractivity contribution in [2.45, 2.75) is 33.1 Å². The Balaban J connectivity index is 0.000000229. The van der Waals surface area contributed by atoms with Crippen LogP contribution in [0.1, 0.15) is 48.2 Å². The molecule has 0 saturated carbocycles. The van der Waals surface area contributed by atoms with Crippen LogP contribution in [0.5, 0.6) is 5.75 Å². The topological polar surface area (TPSA) is 71.4 Å². The first-order valence-electron chi connectivity index (χ1n) is 10.3. The van der Waals surface area contributed by atoms with Crippen molar-refractivity contribution in [1.82, 2.24) is 0 Å². The first-order chi connectivity index (χ1) is 15.2. The summed E-state index contributed by atoms with van der Waals surface area (Å²) in [6.07, 6.45) is 8.37. The SMILES string of the molecule is C=CC(C1=CC(=O)C=CC1=O)c1ccccc1.CC(=O)c1ccc(O)c(CC=C(C)C)c1. The van der Waals surface area contributed by atoms with Crippen molar-refractivity contribution in [2.24, 2.45) is 0 Å². The fraction of sp³-hybridized carbons (Fsp3) is 0.179. The Morgan fingerprint density at radius 1 is 1.03 bits per heavy atom. The van der Waals surface area contributed by atoms with Gasteiger partial charge in [-0.1, -0.05) is 48.1 Å². The van der Waals surface area contributed by atoms with Crippen LogP contribution in [-0.4, -0.2) is 22.5 Å². The minimum absolute atomic E-state index is 0.0217. The van der Waals surface area contributed by atoms with Crippen LogP contribution in [0.2, 0.25) is 0 Å². The molecule has 1 aliphatic rings. The highest BCUT2D eigenvalue weighted by molar-refractivity contribution is 6.18. The molecule has 0 amide bonds. The Labute approximate surface area is 189 Å². The second kappa shape index (κ2) is 11.6. The van der Waals surface area contributed by atoms with Gasteiger partial charge in [-0.15, -0.1) is 6.58 Å². The first-order valence-corrected chi connectivity index (χ1v) is 10.3. The molecule has 32 heavy (non-hydrogen) atoms. The van der Waals surface area contributed by atoms with Crippen molar-refractivity contribution >= 4 is 17.3 Å². The molecule has 0 aromatic heterocycles. The molecular formula is C28H28O4. The molecule has 0 radical (unpaired) electrons. The van der Waals surface area contributed by atoms with Gasteiger partial charge in [0, 0.05) is 17.1 Å². The Morgan fingerprint density at radius 2 is 1.72 bits per heavy atom. The minimum atomic E-state index is -0.224. The van der Waals surface area contributed by atoms with E-state index in [1.807, 2.05) is 50.3 Å². The van der Waals surface area contributed by atoms with Crippen molar-refractivity contribution in [3.05, 3.63) is 113 Å². The largest absolute Gasteiger partial charge is 0.508 e. The average molecular weight is 429 g/mol. The smallest absolute Gasteiger partial charge is 0.183 e. The highest BCUT2D eigenvalue weighted by Crippen LogP contribution is 2.27. The summed E-state index contributed by atoms with van der Waals surface area (Å²) in [5.74, 6) is -0.232. The molecule has 0 bridgehead atoms. The summed E-state index contributed by atoms with van der Waals surface area (Å²) >= 11 is 0. The second-order valence-corrected chi connectivity index (χ2v) is 7.71. The van der Waals surface area contributed by atoms with Gasteiger partial charge in [0.25, 0.3) is 0 Å². The molecular weight excluding hydrogens is 400 g/mol. The van der Waals surface area contributed by atoms with Crippen molar-refractivity contribution in [2.75, 3.05) is 0 Å². The van der Waals surface area contributed by atoms with Crippen LogP contribution in [-0.2, 0) is 16.0 Å². The number of Topliss-reactive ketones (excluding diaryl/α,β-unsaturated/α-hetero) is 1. The molecule has 0 heterocycles. The number of carbonyl (C=O) groups is 3. The van der Waals surface area contributed by atoms with Gasteiger partial charge in [-0.3, -0.25) is 14.4 Å². The number of carbonyl (C=O) groups excluding carboxylic acids is 3. The third kappa shape index (κ3) is 6.88. The molecule has 1 N–H and O–H groups in total. The zero-order valence-corrected chi connectivity index (χ0v) is 18.7. The molecule has 0 aliphatic heterocycles. The van der Waals surface area contributed by atoms with Crippen molar-refractivity contribution in [3.63, 3.8) is 0 Å². The summed E-state index contributed by atoms with van der Waals surface area (Å²) in [4.78, 5) is 34.2. The van der Waals surface area contributed by atoms with Crippen molar-refractivity contribution in [1.29, 1.82) is 0 Å². The number of rotatable bonds is 6. The van der Waals surface area contributed by atoms with Crippen LogP contribution < -0.4 is 0 Å². The Bertz CT molecular complexity index is 1100. The van der Waals surface area contributed by atoms with E-state index in [1.165, 1.54) is 30.7 Å². The maximum absolute atomic E-state index is 11.8. The lowest BCUT2D eigenvalue weighted by Crippen LogP contribution is -2.13. The predicted octanol–water partition coefficient (Wildman–Crippen LogP) is 5.69. The highest BCUT2D eigenvalue weighted by Gasteiger charge is 2.21. The van der Waals surface area contributed by atoms with Crippen LogP contribution in [0.15, 0.2) is 96.6 Å². The molecule has 1 atom stereocenters.